The second-order valence-corrected chi connectivity index (χ2v) is 3.89. The number of hydrogen-bond donors (Lipinski definition) is 3. The lowest BCUT2D eigenvalue weighted by molar-refractivity contribution is 0.107. The molecule has 0 aromatic heterocycles. The Bertz CT molecular complexity index is 300. The highest BCUT2D eigenvalue weighted by molar-refractivity contribution is 5.27. The third-order valence-electron chi connectivity index (χ3n) is 2.40. The van der Waals surface area contributed by atoms with Crippen molar-refractivity contribution in [2.45, 2.75) is 19.4 Å². The lowest BCUT2D eigenvalue weighted by Crippen LogP contribution is -2.31. The number of ether oxygens (including phenoxy) is 1. The van der Waals surface area contributed by atoms with Crippen LogP contribution >= 0.6 is 0 Å². The molecular formula is C13H21NO3. The molecule has 1 aromatic carbocycles. The Labute approximate surface area is 102 Å². The van der Waals surface area contributed by atoms with Crippen LogP contribution in [0.1, 0.15) is 12.5 Å². The second-order valence-electron chi connectivity index (χ2n) is 3.89. The topological polar surface area (TPSA) is 61.7 Å². The summed E-state index contributed by atoms with van der Waals surface area (Å²) in [5.74, 6) is 0.738. The first-order valence-corrected chi connectivity index (χ1v) is 5.97. The van der Waals surface area contributed by atoms with Gasteiger partial charge in [-0.15, -0.1) is 0 Å². The maximum Gasteiger partial charge on any atom is 0.119 e. The standard InChI is InChI=1S/C13H21NO3/c1-2-14-9-12(16)10-17-13-5-3-11(4-6-13)7-8-15/h3-6,12,14-16H,2,7-10H2,1H3. The van der Waals surface area contributed by atoms with Crippen molar-refractivity contribution < 1.29 is 14.9 Å². The minimum atomic E-state index is -0.493. The summed E-state index contributed by atoms with van der Waals surface area (Å²) >= 11 is 0. The van der Waals surface area contributed by atoms with Crippen molar-refractivity contribution in [1.29, 1.82) is 0 Å². The molecule has 17 heavy (non-hydrogen) atoms. The molecule has 4 heteroatoms. The van der Waals surface area contributed by atoms with Gasteiger partial charge in [0.15, 0.2) is 0 Å². The number of aliphatic hydroxyl groups excluding tert-OH is 2. The first kappa shape index (κ1) is 14.0. The van der Waals surface area contributed by atoms with Gasteiger partial charge in [0.25, 0.3) is 0 Å². The Kier molecular flexibility index (Phi) is 6.62. The third kappa shape index (κ3) is 5.68. The summed E-state index contributed by atoms with van der Waals surface area (Å²) in [6.45, 7) is 3.81. The number of rotatable bonds is 8. The summed E-state index contributed by atoms with van der Waals surface area (Å²) in [6.07, 6.45) is 0.163. The fraction of sp³-hybridized carbons (Fsp3) is 0.538. The van der Waals surface area contributed by atoms with E-state index in [1.807, 2.05) is 31.2 Å². The van der Waals surface area contributed by atoms with Crippen LogP contribution in [0.5, 0.6) is 5.75 Å². The molecule has 1 rings (SSSR count). The molecule has 0 aliphatic rings. The quantitative estimate of drug-likeness (QED) is 0.620. The molecule has 0 amide bonds. The first-order valence-electron chi connectivity index (χ1n) is 5.97. The fourth-order valence-electron chi connectivity index (χ4n) is 1.44. The summed E-state index contributed by atoms with van der Waals surface area (Å²) in [5.41, 5.74) is 1.08. The minimum Gasteiger partial charge on any atom is -0.491 e. The van der Waals surface area contributed by atoms with Gasteiger partial charge in [0.05, 0.1) is 0 Å². The van der Waals surface area contributed by atoms with Gasteiger partial charge in [0, 0.05) is 13.2 Å². The van der Waals surface area contributed by atoms with Crippen molar-refractivity contribution in [3.63, 3.8) is 0 Å². The number of hydrogen-bond acceptors (Lipinski definition) is 4. The molecule has 4 nitrogen and oxygen atoms in total. The zero-order valence-corrected chi connectivity index (χ0v) is 10.2. The molecule has 0 aliphatic carbocycles. The maximum atomic E-state index is 9.56. The van der Waals surface area contributed by atoms with E-state index < -0.39 is 6.10 Å². The number of likely N-dealkylation sites (N-methyl/N-ethyl adjacent to an activating group) is 1. The fourth-order valence-corrected chi connectivity index (χ4v) is 1.44. The van der Waals surface area contributed by atoms with Crippen LogP contribution in [-0.2, 0) is 6.42 Å². The lowest BCUT2D eigenvalue weighted by atomic mass is 10.1. The molecular weight excluding hydrogens is 218 g/mol. The second kappa shape index (κ2) is 8.06. The van der Waals surface area contributed by atoms with Gasteiger partial charge < -0.3 is 20.3 Å². The van der Waals surface area contributed by atoms with E-state index in [0.717, 1.165) is 17.9 Å². The molecule has 0 radical (unpaired) electrons. The predicted octanol–water partition coefficient (Wildman–Crippen LogP) is 0.571. The molecule has 1 unspecified atom stereocenters. The van der Waals surface area contributed by atoms with Crippen LogP contribution in [0.15, 0.2) is 24.3 Å². The van der Waals surface area contributed by atoms with Crippen LogP contribution in [-0.4, -0.2) is 42.6 Å². The van der Waals surface area contributed by atoms with Gasteiger partial charge in [-0.25, -0.2) is 0 Å². The van der Waals surface area contributed by atoms with Gasteiger partial charge in [0.2, 0.25) is 0 Å². The summed E-state index contributed by atoms with van der Waals surface area (Å²) < 4.78 is 5.45. The molecule has 1 atom stereocenters. The monoisotopic (exact) mass is 239 g/mol. The Morgan fingerprint density at radius 2 is 2.00 bits per heavy atom. The molecule has 0 aliphatic heterocycles. The first-order chi connectivity index (χ1) is 8.26. The van der Waals surface area contributed by atoms with E-state index in [0.29, 0.717) is 13.0 Å². The highest BCUT2D eigenvalue weighted by Gasteiger charge is 2.04. The Balaban J connectivity index is 2.31. The summed E-state index contributed by atoms with van der Waals surface area (Å²) in [6, 6.07) is 7.54. The Morgan fingerprint density at radius 3 is 2.59 bits per heavy atom. The van der Waals surface area contributed by atoms with Gasteiger partial charge >= 0.3 is 0 Å². The largest absolute Gasteiger partial charge is 0.491 e. The van der Waals surface area contributed by atoms with E-state index in [-0.39, 0.29) is 13.2 Å². The van der Waals surface area contributed by atoms with Gasteiger partial charge in [0.1, 0.15) is 18.5 Å². The Morgan fingerprint density at radius 1 is 1.29 bits per heavy atom. The maximum absolute atomic E-state index is 9.56. The molecule has 0 fully saturated rings. The molecule has 96 valence electrons. The lowest BCUT2D eigenvalue weighted by Gasteiger charge is -2.12. The van der Waals surface area contributed by atoms with E-state index in [9.17, 15) is 5.11 Å². The molecule has 0 spiro atoms. The zero-order valence-electron chi connectivity index (χ0n) is 10.2. The van der Waals surface area contributed by atoms with Crippen molar-refractivity contribution in [3.8, 4) is 5.75 Å². The van der Waals surface area contributed by atoms with Crippen molar-refractivity contribution in [1.82, 2.24) is 5.32 Å². The van der Waals surface area contributed by atoms with Crippen LogP contribution in [0.4, 0.5) is 0 Å². The van der Waals surface area contributed by atoms with Crippen LogP contribution < -0.4 is 10.1 Å². The predicted molar refractivity (Wildman–Crippen MR) is 67.3 cm³/mol. The van der Waals surface area contributed by atoms with Gasteiger partial charge in [-0.05, 0) is 30.7 Å². The average Bonchev–Trinajstić information content (AvgIpc) is 2.36. The van der Waals surface area contributed by atoms with E-state index in [1.54, 1.807) is 0 Å². The van der Waals surface area contributed by atoms with Crippen LogP contribution in [0.3, 0.4) is 0 Å². The van der Waals surface area contributed by atoms with E-state index in [4.69, 9.17) is 9.84 Å². The minimum absolute atomic E-state index is 0.154. The zero-order chi connectivity index (χ0) is 12.5. The van der Waals surface area contributed by atoms with Crippen molar-refractivity contribution in [2.75, 3.05) is 26.3 Å². The van der Waals surface area contributed by atoms with Crippen LogP contribution in [0.2, 0.25) is 0 Å². The SMILES string of the molecule is CCNCC(O)COc1ccc(CCO)cc1. The molecule has 0 heterocycles. The van der Waals surface area contributed by atoms with Crippen molar-refractivity contribution in [3.05, 3.63) is 29.8 Å². The van der Waals surface area contributed by atoms with E-state index in [2.05, 4.69) is 5.32 Å². The van der Waals surface area contributed by atoms with Crippen molar-refractivity contribution >= 4 is 0 Å². The Hall–Kier alpha value is -1.10. The van der Waals surface area contributed by atoms with Gasteiger partial charge in [-0.1, -0.05) is 19.1 Å². The summed E-state index contributed by atoms with van der Waals surface area (Å²) in [5, 5.41) is 21.4. The van der Waals surface area contributed by atoms with E-state index >= 15 is 0 Å². The highest BCUT2D eigenvalue weighted by atomic mass is 16.5. The molecule has 3 N–H and O–H groups in total. The number of benzene rings is 1. The summed E-state index contributed by atoms with van der Waals surface area (Å²) in [4.78, 5) is 0. The van der Waals surface area contributed by atoms with Crippen LogP contribution in [0.25, 0.3) is 0 Å². The molecule has 0 saturated carbocycles. The average molecular weight is 239 g/mol. The van der Waals surface area contributed by atoms with Crippen LogP contribution in [0, 0.1) is 0 Å². The normalized spacial score (nSPS) is 12.4. The number of nitrogens with one attached hydrogen (secondary N) is 1. The smallest absolute Gasteiger partial charge is 0.119 e. The summed E-state index contributed by atoms with van der Waals surface area (Å²) in [7, 11) is 0. The molecule has 1 aromatic rings. The third-order valence-corrected chi connectivity index (χ3v) is 2.40. The van der Waals surface area contributed by atoms with E-state index in [1.165, 1.54) is 0 Å². The molecule has 0 saturated heterocycles. The molecule has 0 bridgehead atoms. The van der Waals surface area contributed by atoms with Gasteiger partial charge in [-0.3, -0.25) is 0 Å². The van der Waals surface area contributed by atoms with Gasteiger partial charge in [-0.2, -0.15) is 0 Å². The highest BCUT2D eigenvalue weighted by Crippen LogP contribution is 2.12. The number of aliphatic hydroxyl groups is 2. The van der Waals surface area contributed by atoms with Crippen molar-refractivity contribution in [2.24, 2.45) is 0 Å².